The average molecular weight is 568 g/mol. The van der Waals surface area contributed by atoms with Crippen LogP contribution in [0.2, 0.25) is 10.0 Å². The number of rotatable bonds is 6. The molecule has 0 bridgehead atoms. The number of methoxy groups -OCH3 is 1. The summed E-state index contributed by atoms with van der Waals surface area (Å²) in [5.74, 6) is -2.88. The molecule has 0 aliphatic heterocycles. The van der Waals surface area contributed by atoms with E-state index in [4.69, 9.17) is 32.7 Å². The molecule has 0 unspecified atom stereocenters. The third-order valence-electron chi connectivity index (χ3n) is 4.94. The van der Waals surface area contributed by atoms with Gasteiger partial charge in [-0.3, -0.25) is 9.59 Å². The number of nitrogens with zero attached hydrogens (tertiary/aromatic N) is 1. The van der Waals surface area contributed by atoms with Crippen molar-refractivity contribution in [1.29, 1.82) is 0 Å². The third kappa shape index (κ3) is 7.24. The molecule has 38 heavy (non-hydrogen) atoms. The Morgan fingerprint density at radius 1 is 0.868 bits per heavy atom. The number of alkyl halides is 3. The maximum absolute atomic E-state index is 12.9. The molecule has 0 saturated carbocycles. The molecule has 0 aromatic heterocycles. The average Bonchev–Trinajstić information content (AvgIpc) is 2.88. The lowest BCUT2D eigenvalue weighted by atomic mass is 10.1. The van der Waals surface area contributed by atoms with Crippen LogP contribution < -0.4 is 20.2 Å². The highest BCUT2D eigenvalue weighted by molar-refractivity contribution is 6.41. The number of hydrogen-bond acceptors (Lipinski definition) is 6. The van der Waals surface area contributed by atoms with Crippen LogP contribution in [0.1, 0.15) is 28.4 Å². The first-order valence-corrected chi connectivity index (χ1v) is 11.3. The Labute approximate surface area is 224 Å². The van der Waals surface area contributed by atoms with E-state index < -0.39 is 35.2 Å². The Bertz CT molecular complexity index is 1410. The fourth-order valence-corrected chi connectivity index (χ4v) is 3.24. The van der Waals surface area contributed by atoms with Crippen molar-refractivity contribution < 1.29 is 37.0 Å². The molecular weight excluding hydrogens is 550 g/mol. The number of anilines is 1. The standard InChI is InChI=1S/C25H18Cl2F3N3O5/c1-13(32-33-23(35)22(34)31-19-12-16(25(28,29)30)6-9-18(19)27)15-5-10-20(21(11-15)37-2)38-24(36)14-3-7-17(26)8-4-14/h3-12H,1-2H3,(H,31,34)(H,33,35). The van der Waals surface area contributed by atoms with Crippen molar-refractivity contribution in [3.63, 3.8) is 0 Å². The van der Waals surface area contributed by atoms with Crippen molar-refractivity contribution in [2.24, 2.45) is 5.10 Å². The summed E-state index contributed by atoms with van der Waals surface area (Å²) in [7, 11) is 1.36. The summed E-state index contributed by atoms with van der Waals surface area (Å²) in [5.41, 5.74) is 1.51. The molecule has 0 radical (unpaired) electrons. The van der Waals surface area contributed by atoms with Crippen molar-refractivity contribution in [3.8, 4) is 11.5 Å². The number of carbonyl (C=O) groups is 3. The van der Waals surface area contributed by atoms with Crippen LogP contribution >= 0.6 is 23.2 Å². The second kappa shape index (κ2) is 12.0. The van der Waals surface area contributed by atoms with Gasteiger partial charge in [-0.2, -0.15) is 18.3 Å². The number of nitrogens with one attached hydrogen (secondary N) is 2. The van der Waals surface area contributed by atoms with E-state index in [9.17, 15) is 27.6 Å². The molecule has 0 spiro atoms. The van der Waals surface area contributed by atoms with Gasteiger partial charge in [-0.25, -0.2) is 10.2 Å². The van der Waals surface area contributed by atoms with Crippen LogP contribution in [0.15, 0.2) is 65.8 Å². The predicted molar refractivity (Wildman–Crippen MR) is 135 cm³/mol. The summed E-state index contributed by atoms with van der Waals surface area (Å²) in [6.07, 6.45) is -4.67. The van der Waals surface area contributed by atoms with Crippen molar-refractivity contribution in [2.75, 3.05) is 12.4 Å². The summed E-state index contributed by atoms with van der Waals surface area (Å²) in [6.45, 7) is 1.51. The first-order valence-electron chi connectivity index (χ1n) is 10.6. The highest BCUT2D eigenvalue weighted by Gasteiger charge is 2.31. The fourth-order valence-electron chi connectivity index (χ4n) is 2.95. The number of carbonyl (C=O) groups excluding carboxylic acids is 3. The minimum Gasteiger partial charge on any atom is -0.493 e. The molecule has 0 aliphatic carbocycles. The van der Waals surface area contributed by atoms with E-state index in [-0.39, 0.29) is 27.8 Å². The van der Waals surface area contributed by atoms with E-state index in [1.54, 1.807) is 12.1 Å². The van der Waals surface area contributed by atoms with Gasteiger partial charge < -0.3 is 14.8 Å². The second-order valence-electron chi connectivity index (χ2n) is 7.55. The number of esters is 1. The molecule has 0 saturated heterocycles. The first-order chi connectivity index (χ1) is 17.9. The minimum atomic E-state index is -4.67. The van der Waals surface area contributed by atoms with Crippen molar-refractivity contribution >= 4 is 52.4 Å². The molecule has 8 nitrogen and oxygen atoms in total. The molecule has 13 heteroatoms. The van der Waals surface area contributed by atoms with Gasteiger partial charge in [0.2, 0.25) is 0 Å². The van der Waals surface area contributed by atoms with Crippen LogP contribution in [0.3, 0.4) is 0 Å². The molecule has 3 aromatic rings. The molecular formula is C25H18Cl2F3N3O5. The molecule has 0 heterocycles. The Balaban J connectivity index is 1.68. The van der Waals surface area contributed by atoms with Gasteiger partial charge in [0.15, 0.2) is 11.5 Å². The van der Waals surface area contributed by atoms with E-state index in [0.29, 0.717) is 16.7 Å². The van der Waals surface area contributed by atoms with Gasteiger partial charge in [0.05, 0.1) is 34.7 Å². The second-order valence-corrected chi connectivity index (χ2v) is 8.39. The SMILES string of the molecule is COc1cc(C(C)=NNC(=O)C(=O)Nc2cc(C(F)(F)F)ccc2Cl)ccc1OC(=O)c1ccc(Cl)cc1. The molecule has 2 N–H and O–H groups in total. The van der Waals surface area contributed by atoms with Gasteiger partial charge in [-0.05, 0) is 67.6 Å². The maximum atomic E-state index is 12.9. The summed E-state index contributed by atoms with van der Waals surface area (Å²) in [5, 5.41) is 6.11. The van der Waals surface area contributed by atoms with Crippen molar-refractivity contribution in [2.45, 2.75) is 13.1 Å². The van der Waals surface area contributed by atoms with E-state index in [1.165, 1.54) is 44.4 Å². The zero-order chi connectivity index (χ0) is 28.0. The van der Waals surface area contributed by atoms with Gasteiger partial charge >= 0.3 is 24.0 Å². The third-order valence-corrected chi connectivity index (χ3v) is 5.52. The monoisotopic (exact) mass is 567 g/mol. The lowest BCUT2D eigenvalue weighted by Crippen LogP contribution is -2.33. The smallest absolute Gasteiger partial charge is 0.416 e. The normalized spacial score (nSPS) is 11.5. The maximum Gasteiger partial charge on any atom is 0.416 e. The quantitative estimate of drug-likeness (QED) is 0.130. The number of hydrazone groups is 1. The first kappa shape index (κ1) is 28.5. The zero-order valence-corrected chi connectivity index (χ0v) is 21.2. The van der Waals surface area contributed by atoms with Gasteiger partial charge in [-0.1, -0.05) is 23.2 Å². The number of amides is 2. The lowest BCUT2D eigenvalue weighted by molar-refractivity contribution is -0.137. The number of benzene rings is 3. The van der Waals surface area contributed by atoms with Crippen LogP contribution in [0.5, 0.6) is 11.5 Å². The van der Waals surface area contributed by atoms with E-state index >= 15 is 0 Å². The van der Waals surface area contributed by atoms with Gasteiger partial charge in [0.1, 0.15) is 0 Å². The number of hydrogen-bond donors (Lipinski definition) is 2. The summed E-state index contributed by atoms with van der Waals surface area (Å²) in [4.78, 5) is 36.7. The predicted octanol–water partition coefficient (Wildman–Crippen LogP) is 5.72. The topological polar surface area (TPSA) is 106 Å². The Kier molecular flexibility index (Phi) is 8.97. The molecule has 0 atom stereocenters. The van der Waals surface area contributed by atoms with Crippen LogP contribution in [0, 0.1) is 0 Å². The van der Waals surface area contributed by atoms with Crippen LogP contribution in [-0.2, 0) is 15.8 Å². The Morgan fingerprint density at radius 2 is 1.53 bits per heavy atom. The van der Waals surface area contributed by atoms with Crippen molar-refractivity contribution in [1.82, 2.24) is 5.43 Å². The summed E-state index contributed by atoms with van der Waals surface area (Å²) >= 11 is 11.6. The minimum absolute atomic E-state index is 0.116. The van der Waals surface area contributed by atoms with Gasteiger partial charge in [-0.15, -0.1) is 0 Å². The molecule has 3 rings (SSSR count). The van der Waals surface area contributed by atoms with Crippen LogP contribution in [0.4, 0.5) is 18.9 Å². The van der Waals surface area contributed by atoms with E-state index in [0.717, 1.165) is 12.1 Å². The van der Waals surface area contributed by atoms with Crippen LogP contribution in [0.25, 0.3) is 0 Å². The molecule has 2 amide bonds. The summed E-state index contributed by atoms with van der Waals surface area (Å²) < 4.78 is 49.4. The Hall–Kier alpha value is -4.09. The van der Waals surface area contributed by atoms with Gasteiger partial charge in [0.25, 0.3) is 0 Å². The highest BCUT2D eigenvalue weighted by atomic mass is 35.5. The highest BCUT2D eigenvalue weighted by Crippen LogP contribution is 2.34. The van der Waals surface area contributed by atoms with Gasteiger partial charge in [0, 0.05) is 10.6 Å². The lowest BCUT2D eigenvalue weighted by Gasteiger charge is -2.12. The molecule has 0 aliphatic rings. The molecule has 3 aromatic carbocycles. The molecule has 198 valence electrons. The van der Waals surface area contributed by atoms with Crippen molar-refractivity contribution in [3.05, 3.63) is 87.4 Å². The van der Waals surface area contributed by atoms with E-state index in [1.807, 2.05) is 10.7 Å². The van der Waals surface area contributed by atoms with E-state index in [2.05, 4.69) is 5.10 Å². The zero-order valence-electron chi connectivity index (χ0n) is 19.7. The van der Waals surface area contributed by atoms with Crippen LogP contribution in [-0.4, -0.2) is 30.6 Å². The fraction of sp³-hybridized carbons (Fsp3) is 0.120. The number of halogens is 5. The Morgan fingerprint density at radius 3 is 2.16 bits per heavy atom. The molecule has 0 fully saturated rings. The summed E-state index contributed by atoms with van der Waals surface area (Å²) in [6, 6.07) is 12.8. The number of ether oxygens (including phenoxy) is 2. The largest absolute Gasteiger partial charge is 0.493 e.